The minimum Gasteiger partial charge on any atom is -0.396 e. The van der Waals surface area contributed by atoms with E-state index in [1.165, 1.54) is 17.0 Å². The minimum absolute atomic E-state index is 0.00183. The molecular formula is C16H23FN2O3. The number of nitrogens with one attached hydrogen (secondary N) is 1. The number of carbonyl (C=O) groups excluding carboxylic acids is 2. The molecule has 0 fully saturated rings. The van der Waals surface area contributed by atoms with Crippen LogP contribution in [0.4, 0.5) is 4.39 Å². The molecule has 0 aliphatic heterocycles. The Hall–Kier alpha value is -1.95. The SMILES string of the molecule is CCC(=O)N(Cc1ccc(F)cc1)C(C)C(=O)NCCCO. The Kier molecular flexibility index (Phi) is 7.52. The maximum Gasteiger partial charge on any atom is 0.242 e. The van der Waals surface area contributed by atoms with Crippen molar-refractivity contribution in [3.8, 4) is 0 Å². The summed E-state index contributed by atoms with van der Waals surface area (Å²) in [6.45, 7) is 4.01. The fourth-order valence-electron chi connectivity index (χ4n) is 2.01. The molecular weight excluding hydrogens is 287 g/mol. The molecule has 6 heteroatoms. The van der Waals surface area contributed by atoms with Crippen molar-refractivity contribution >= 4 is 11.8 Å². The summed E-state index contributed by atoms with van der Waals surface area (Å²) in [5.74, 6) is -0.751. The van der Waals surface area contributed by atoms with Gasteiger partial charge in [-0.05, 0) is 31.0 Å². The van der Waals surface area contributed by atoms with Gasteiger partial charge in [-0.15, -0.1) is 0 Å². The van der Waals surface area contributed by atoms with Crippen molar-refractivity contribution in [1.29, 1.82) is 0 Å². The van der Waals surface area contributed by atoms with Gasteiger partial charge < -0.3 is 15.3 Å². The number of halogens is 1. The van der Waals surface area contributed by atoms with E-state index in [1.54, 1.807) is 26.0 Å². The second kappa shape index (κ2) is 9.15. The first-order valence-electron chi connectivity index (χ1n) is 7.42. The van der Waals surface area contributed by atoms with Gasteiger partial charge in [0.05, 0.1) is 0 Å². The predicted octanol–water partition coefficient (Wildman–Crippen LogP) is 1.45. The quantitative estimate of drug-likeness (QED) is 0.714. The number of amides is 2. The van der Waals surface area contributed by atoms with Crippen molar-refractivity contribution in [3.63, 3.8) is 0 Å². The molecule has 0 aliphatic carbocycles. The number of rotatable bonds is 8. The van der Waals surface area contributed by atoms with Crippen LogP contribution in [0.2, 0.25) is 0 Å². The van der Waals surface area contributed by atoms with E-state index in [1.807, 2.05) is 0 Å². The number of carbonyl (C=O) groups is 2. The van der Waals surface area contributed by atoms with Gasteiger partial charge in [-0.3, -0.25) is 9.59 Å². The summed E-state index contributed by atoms with van der Waals surface area (Å²) < 4.78 is 12.9. The van der Waals surface area contributed by atoms with Crippen LogP contribution in [0, 0.1) is 5.82 Å². The molecule has 0 saturated carbocycles. The zero-order chi connectivity index (χ0) is 16.5. The highest BCUT2D eigenvalue weighted by Crippen LogP contribution is 2.11. The van der Waals surface area contributed by atoms with E-state index in [9.17, 15) is 14.0 Å². The Balaban J connectivity index is 2.76. The zero-order valence-corrected chi connectivity index (χ0v) is 13.0. The van der Waals surface area contributed by atoms with Gasteiger partial charge in [0, 0.05) is 26.1 Å². The Bertz CT molecular complexity index is 491. The Morgan fingerprint density at radius 3 is 2.50 bits per heavy atom. The van der Waals surface area contributed by atoms with Crippen molar-refractivity contribution in [2.45, 2.75) is 39.3 Å². The molecule has 0 aliphatic rings. The first-order valence-corrected chi connectivity index (χ1v) is 7.42. The van der Waals surface area contributed by atoms with Crippen LogP contribution in [0.1, 0.15) is 32.3 Å². The lowest BCUT2D eigenvalue weighted by Gasteiger charge is -2.28. The van der Waals surface area contributed by atoms with E-state index in [-0.39, 0.29) is 37.2 Å². The summed E-state index contributed by atoms with van der Waals surface area (Å²) in [5.41, 5.74) is 0.762. The second-order valence-electron chi connectivity index (χ2n) is 5.05. The van der Waals surface area contributed by atoms with Gasteiger partial charge in [0.2, 0.25) is 11.8 Å². The van der Waals surface area contributed by atoms with E-state index in [0.717, 1.165) is 5.56 Å². The molecule has 0 radical (unpaired) electrons. The van der Waals surface area contributed by atoms with Crippen LogP contribution < -0.4 is 5.32 Å². The van der Waals surface area contributed by atoms with E-state index in [0.29, 0.717) is 13.0 Å². The van der Waals surface area contributed by atoms with Crippen molar-refractivity contribution in [2.75, 3.05) is 13.2 Å². The predicted molar refractivity (Wildman–Crippen MR) is 81.4 cm³/mol. The second-order valence-corrected chi connectivity index (χ2v) is 5.05. The van der Waals surface area contributed by atoms with E-state index < -0.39 is 6.04 Å². The summed E-state index contributed by atoms with van der Waals surface area (Å²) in [6.07, 6.45) is 0.758. The van der Waals surface area contributed by atoms with Crippen LogP contribution in [0.5, 0.6) is 0 Å². The first kappa shape index (κ1) is 18.1. The highest BCUT2D eigenvalue weighted by molar-refractivity contribution is 5.87. The number of hydrogen-bond acceptors (Lipinski definition) is 3. The monoisotopic (exact) mass is 310 g/mol. The topological polar surface area (TPSA) is 69.6 Å². The minimum atomic E-state index is -0.629. The molecule has 1 atom stereocenters. The third-order valence-corrected chi connectivity index (χ3v) is 3.37. The third kappa shape index (κ3) is 5.44. The summed E-state index contributed by atoms with van der Waals surface area (Å²) in [7, 11) is 0. The number of nitrogens with zero attached hydrogens (tertiary/aromatic N) is 1. The fourth-order valence-corrected chi connectivity index (χ4v) is 2.01. The van der Waals surface area contributed by atoms with Crippen LogP contribution in [-0.4, -0.2) is 41.0 Å². The fraction of sp³-hybridized carbons (Fsp3) is 0.500. The van der Waals surface area contributed by atoms with Crippen LogP contribution >= 0.6 is 0 Å². The van der Waals surface area contributed by atoms with Crippen molar-refractivity contribution in [3.05, 3.63) is 35.6 Å². The molecule has 0 bridgehead atoms. The number of benzene rings is 1. The summed E-state index contributed by atoms with van der Waals surface area (Å²) >= 11 is 0. The number of hydrogen-bond donors (Lipinski definition) is 2. The molecule has 1 unspecified atom stereocenters. The van der Waals surface area contributed by atoms with Gasteiger partial charge in [0.25, 0.3) is 0 Å². The first-order chi connectivity index (χ1) is 10.5. The van der Waals surface area contributed by atoms with Crippen LogP contribution in [-0.2, 0) is 16.1 Å². The summed E-state index contributed by atoms with van der Waals surface area (Å²) in [4.78, 5) is 25.6. The lowest BCUT2D eigenvalue weighted by atomic mass is 10.1. The van der Waals surface area contributed by atoms with Gasteiger partial charge in [-0.2, -0.15) is 0 Å². The van der Waals surface area contributed by atoms with Crippen molar-refractivity contribution in [2.24, 2.45) is 0 Å². The van der Waals surface area contributed by atoms with Crippen molar-refractivity contribution in [1.82, 2.24) is 10.2 Å². The molecule has 22 heavy (non-hydrogen) atoms. The molecule has 1 rings (SSSR count). The molecule has 122 valence electrons. The molecule has 2 amide bonds. The number of aliphatic hydroxyl groups is 1. The highest BCUT2D eigenvalue weighted by Gasteiger charge is 2.24. The zero-order valence-electron chi connectivity index (χ0n) is 13.0. The summed E-state index contributed by atoms with van der Waals surface area (Å²) in [6, 6.07) is 5.23. The average molecular weight is 310 g/mol. The lowest BCUT2D eigenvalue weighted by molar-refractivity contribution is -0.140. The maximum atomic E-state index is 12.9. The molecule has 0 saturated heterocycles. The van der Waals surface area contributed by atoms with Gasteiger partial charge in [0.1, 0.15) is 11.9 Å². The van der Waals surface area contributed by atoms with Gasteiger partial charge >= 0.3 is 0 Å². The number of aliphatic hydroxyl groups excluding tert-OH is 1. The average Bonchev–Trinajstić information content (AvgIpc) is 2.53. The van der Waals surface area contributed by atoms with E-state index in [2.05, 4.69) is 5.32 Å². The van der Waals surface area contributed by atoms with Crippen molar-refractivity contribution < 1.29 is 19.1 Å². The molecule has 0 spiro atoms. The Morgan fingerprint density at radius 1 is 1.32 bits per heavy atom. The highest BCUT2D eigenvalue weighted by atomic mass is 19.1. The molecule has 0 aromatic heterocycles. The van der Waals surface area contributed by atoms with Gasteiger partial charge in [0.15, 0.2) is 0 Å². The molecule has 2 N–H and O–H groups in total. The Labute approximate surface area is 130 Å². The standard InChI is InChI=1S/C16H23FN2O3/c1-3-15(21)19(11-13-5-7-14(17)8-6-13)12(2)16(22)18-9-4-10-20/h5-8,12,20H,3-4,9-11H2,1-2H3,(H,18,22). The lowest BCUT2D eigenvalue weighted by Crippen LogP contribution is -2.47. The van der Waals surface area contributed by atoms with Gasteiger partial charge in [-0.25, -0.2) is 4.39 Å². The normalized spacial score (nSPS) is 11.8. The van der Waals surface area contributed by atoms with E-state index >= 15 is 0 Å². The van der Waals surface area contributed by atoms with Gasteiger partial charge in [-0.1, -0.05) is 19.1 Å². The summed E-state index contributed by atoms with van der Waals surface area (Å²) in [5, 5.41) is 11.4. The molecule has 1 aromatic carbocycles. The molecule has 1 aromatic rings. The smallest absolute Gasteiger partial charge is 0.242 e. The van der Waals surface area contributed by atoms with Crippen LogP contribution in [0.25, 0.3) is 0 Å². The van der Waals surface area contributed by atoms with Crippen LogP contribution in [0.15, 0.2) is 24.3 Å². The third-order valence-electron chi connectivity index (χ3n) is 3.37. The largest absolute Gasteiger partial charge is 0.396 e. The molecule has 0 heterocycles. The van der Waals surface area contributed by atoms with Crippen LogP contribution in [0.3, 0.4) is 0 Å². The molecule has 5 nitrogen and oxygen atoms in total. The maximum absolute atomic E-state index is 12.9. The Morgan fingerprint density at radius 2 is 1.95 bits per heavy atom. The van der Waals surface area contributed by atoms with E-state index in [4.69, 9.17) is 5.11 Å².